The number of ketones is 1. The number of rotatable bonds is 7. The van der Waals surface area contributed by atoms with E-state index in [0.29, 0.717) is 13.0 Å². The van der Waals surface area contributed by atoms with Crippen LogP contribution in [0.2, 0.25) is 0 Å². The zero-order valence-corrected chi connectivity index (χ0v) is 14.8. The molecule has 1 aromatic carbocycles. The average Bonchev–Trinajstić information content (AvgIpc) is 2.93. The van der Waals surface area contributed by atoms with Crippen LogP contribution in [-0.4, -0.2) is 33.2 Å². The SMILES string of the molecule is CCCN1C(=O)C(O)=C(C(=O)CCc2ccccc2)C1c1ccncc1. The predicted octanol–water partition coefficient (Wildman–Crippen LogP) is 3.39. The lowest BCUT2D eigenvalue weighted by molar-refractivity contribution is -0.129. The minimum atomic E-state index is -0.547. The summed E-state index contributed by atoms with van der Waals surface area (Å²) in [5, 5.41) is 10.4. The number of pyridine rings is 1. The van der Waals surface area contributed by atoms with Crippen LogP contribution in [0.4, 0.5) is 0 Å². The van der Waals surface area contributed by atoms with E-state index in [-0.39, 0.29) is 17.8 Å². The number of carbonyl (C=O) groups is 2. The van der Waals surface area contributed by atoms with Crippen LogP contribution in [0.25, 0.3) is 0 Å². The van der Waals surface area contributed by atoms with Gasteiger partial charge in [0.25, 0.3) is 5.91 Å². The van der Waals surface area contributed by atoms with Crippen LogP contribution in [0.5, 0.6) is 0 Å². The molecule has 1 atom stereocenters. The highest BCUT2D eigenvalue weighted by molar-refractivity contribution is 6.09. The van der Waals surface area contributed by atoms with E-state index in [2.05, 4.69) is 4.98 Å². The number of carbonyl (C=O) groups excluding carboxylic acids is 2. The molecule has 0 saturated carbocycles. The Labute approximate surface area is 153 Å². The van der Waals surface area contributed by atoms with Crippen LogP contribution < -0.4 is 0 Å². The Bertz CT molecular complexity index is 816. The molecule has 0 saturated heterocycles. The molecule has 1 aliphatic rings. The van der Waals surface area contributed by atoms with Gasteiger partial charge in [-0.1, -0.05) is 37.3 Å². The molecule has 134 valence electrons. The van der Waals surface area contributed by atoms with E-state index in [0.717, 1.165) is 17.5 Å². The van der Waals surface area contributed by atoms with Crippen molar-refractivity contribution in [3.63, 3.8) is 0 Å². The molecule has 1 unspecified atom stereocenters. The highest BCUT2D eigenvalue weighted by atomic mass is 16.3. The summed E-state index contributed by atoms with van der Waals surface area (Å²) in [6.07, 6.45) is 4.82. The lowest BCUT2D eigenvalue weighted by Crippen LogP contribution is -2.31. The Morgan fingerprint density at radius 2 is 1.85 bits per heavy atom. The van der Waals surface area contributed by atoms with Gasteiger partial charge in [-0.05, 0) is 36.1 Å². The molecule has 5 nitrogen and oxygen atoms in total. The second-order valence-electron chi connectivity index (χ2n) is 6.35. The first-order valence-electron chi connectivity index (χ1n) is 8.84. The van der Waals surface area contributed by atoms with E-state index in [4.69, 9.17) is 0 Å². The molecule has 0 aliphatic carbocycles. The lowest BCUT2D eigenvalue weighted by Gasteiger charge is -2.26. The third kappa shape index (κ3) is 3.52. The molecular weight excluding hydrogens is 328 g/mol. The zero-order valence-electron chi connectivity index (χ0n) is 14.8. The number of aliphatic hydroxyl groups is 1. The van der Waals surface area contributed by atoms with Gasteiger partial charge in [-0.25, -0.2) is 0 Å². The fourth-order valence-electron chi connectivity index (χ4n) is 3.34. The molecule has 5 heteroatoms. The van der Waals surface area contributed by atoms with Gasteiger partial charge >= 0.3 is 0 Å². The highest BCUT2D eigenvalue weighted by Gasteiger charge is 2.42. The van der Waals surface area contributed by atoms with Gasteiger partial charge in [0.15, 0.2) is 11.5 Å². The van der Waals surface area contributed by atoms with Gasteiger partial charge in [-0.2, -0.15) is 0 Å². The lowest BCUT2D eigenvalue weighted by atomic mass is 9.93. The van der Waals surface area contributed by atoms with Gasteiger partial charge in [0.1, 0.15) is 0 Å². The molecule has 3 rings (SSSR count). The average molecular weight is 350 g/mol. The standard InChI is InChI=1S/C21H22N2O3/c1-2-14-23-19(16-10-12-22-13-11-16)18(20(25)21(23)26)17(24)9-8-15-6-4-3-5-7-15/h3-7,10-13,19,25H,2,8-9,14H2,1H3. The van der Waals surface area contributed by atoms with E-state index >= 15 is 0 Å². The fourth-order valence-corrected chi connectivity index (χ4v) is 3.34. The Morgan fingerprint density at radius 1 is 1.15 bits per heavy atom. The maximum Gasteiger partial charge on any atom is 0.290 e. The van der Waals surface area contributed by atoms with Crippen molar-refractivity contribution in [1.82, 2.24) is 9.88 Å². The maximum absolute atomic E-state index is 12.9. The van der Waals surface area contributed by atoms with Crippen molar-refractivity contribution in [2.75, 3.05) is 6.54 Å². The van der Waals surface area contributed by atoms with Gasteiger partial charge in [-0.15, -0.1) is 0 Å². The third-order valence-corrected chi connectivity index (χ3v) is 4.57. The van der Waals surface area contributed by atoms with Crippen LogP contribution in [0.1, 0.15) is 36.9 Å². The van der Waals surface area contributed by atoms with Crippen molar-refractivity contribution in [2.45, 2.75) is 32.2 Å². The summed E-state index contributed by atoms with van der Waals surface area (Å²) in [5.41, 5.74) is 2.04. The van der Waals surface area contributed by atoms with Crippen molar-refractivity contribution in [3.05, 3.63) is 77.3 Å². The normalized spacial score (nSPS) is 17.0. The largest absolute Gasteiger partial charge is 0.503 e. The van der Waals surface area contributed by atoms with Crippen molar-refractivity contribution in [1.29, 1.82) is 0 Å². The van der Waals surface area contributed by atoms with Gasteiger partial charge in [0.05, 0.1) is 11.6 Å². The molecule has 2 aromatic rings. The van der Waals surface area contributed by atoms with Crippen molar-refractivity contribution >= 4 is 11.7 Å². The highest BCUT2D eigenvalue weighted by Crippen LogP contribution is 2.38. The summed E-state index contributed by atoms with van der Waals surface area (Å²) in [6, 6.07) is 12.7. The van der Waals surface area contributed by atoms with E-state index < -0.39 is 17.7 Å². The minimum absolute atomic E-state index is 0.194. The summed E-state index contributed by atoms with van der Waals surface area (Å²) in [4.78, 5) is 31.0. The first kappa shape index (κ1) is 17.9. The third-order valence-electron chi connectivity index (χ3n) is 4.57. The molecule has 26 heavy (non-hydrogen) atoms. The number of aliphatic hydroxyl groups excluding tert-OH is 1. The van der Waals surface area contributed by atoms with E-state index in [9.17, 15) is 14.7 Å². The smallest absolute Gasteiger partial charge is 0.290 e. The summed E-state index contributed by atoms with van der Waals surface area (Å²) in [7, 11) is 0. The Hall–Kier alpha value is -2.95. The van der Waals surface area contributed by atoms with Crippen LogP contribution in [0.3, 0.4) is 0 Å². The molecule has 1 aromatic heterocycles. The second-order valence-corrected chi connectivity index (χ2v) is 6.35. The van der Waals surface area contributed by atoms with Crippen LogP contribution >= 0.6 is 0 Å². The van der Waals surface area contributed by atoms with E-state index in [1.165, 1.54) is 0 Å². The summed E-state index contributed by atoms with van der Waals surface area (Å²) in [5.74, 6) is -1.09. The maximum atomic E-state index is 12.9. The fraction of sp³-hybridized carbons (Fsp3) is 0.286. The Morgan fingerprint density at radius 3 is 2.50 bits per heavy atom. The van der Waals surface area contributed by atoms with Crippen LogP contribution in [-0.2, 0) is 16.0 Å². The van der Waals surface area contributed by atoms with E-state index in [1.54, 1.807) is 29.4 Å². The molecule has 0 fully saturated rings. The topological polar surface area (TPSA) is 70.5 Å². The number of Topliss-reactive ketones (excluding diaryl/α,β-unsaturated/α-hetero) is 1. The van der Waals surface area contributed by atoms with Crippen LogP contribution in [0.15, 0.2) is 66.2 Å². The Kier molecular flexibility index (Phi) is 5.46. The van der Waals surface area contributed by atoms with Crippen molar-refractivity contribution < 1.29 is 14.7 Å². The van der Waals surface area contributed by atoms with Crippen molar-refractivity contribution in [3.8, 4) is 0 Å². The summed E-state index contributed by atoms with van der Waals surface area (Å²) < 4.78 is 0. The number of hydrogen-bond donors (Lipinski definition) is 1. The number of benzene rings is 1. The van der Waals surface area contributed by atoms with Crippen molar-refractivity contribution in [2.24, 2.45) is 0 Å². The predicted molar refractivity (Wildman–Crippen MR) is 98.4 cm³/mol. The van der Waals surface area contributed by atoms with Gasteiger partial charge < -0.3 is 10.0 Å². The number of aromatic nitrogens is 1. The quantitative estimate of drug-likeness (QED) is 0.831. The second kappa shape index (κ2) is 7.95. The summed E-state index contributed by atoms with van der Waals surface area (Å²) >= 11 is 0. The number of amides is 1. The molecular formula is C21H22N2O3. The molecule has 0 spiro atoms. The van der Waals surface area contributed by atoms with Gasteiger partial charge in [0.2, 0.25) is 0 Å². The minimum Gasteiger partial charge on any atom is -0.503 e. The molecule has 2 heterocycles. The number of hydrogen-bond acceptors (Lipinski definition) is 4. The van der Waals surface area contributed by atoms with E-state index in [1.807, 2.05) is 37.3 Å². The van der Waals surface area contributed by atoms with Gasteiger partial charge in [0, 0.05) is 25.4 Å². The molecule has 1 aliphatic heterocycles. The molecule has 0 bridgehead atoms. The zero-order chi connectivity index (χ0) is 18.5. The molecule has 1 N–H and O–H groups in total. The van der Waals surface area contributed by atoms with Gasteiger partial charge in [-0.3, -0.25) is 14.6 Å². The first-order valence-corrected chi connectivity index (χ1v) is 8.84. The number of nitrogens with zero attached hydrogens (tertiary/aromatic N) is 2. The first-order chi connectivity index (χ1) is 12.6. The molecule has 1 amide bonds. The Balaban J connectivity index is 1.88. The summed E-state index contributed by atoms with van der Waals surface area (Å²) in [6.45, 7) is 2.44. The molecule has 0 radical (unpaired) electrons. The van der Waals surface area contributed by atoms with Crippen LogP contribution in [0, 0.1) is 0 Å². The number of aryl methyl sites for hydroxylation is 1. The monoisotopic (exact) mass is 350 g/mol.